The molecule has 0 spiro atoms. The molecule has 0 fully saturated rings. The van der Waals surface area contributed by atoms with E-state index >= 15 is 0 Å². The minimum atomic E-state index is -0.0288. The maximum Gasteiger partial charge on any atom is 0.227 e. The van der Waals surface area contributed by atoms with E-state index in [0.29, 0.717) is 12.1 Å². The number of hydrogen-bond acceptors (Lipinski definition) is 4. The number of hydrogen-bond donors (Lipinski definition) is 2. The second-order valence-electron chi connectivity index (χ2n) is 6.94. The van der Waals surface area contributed by atoms with E-state index in [1.165, 1.54) is 0 Å². The number of carbonyl (C=O) groups excluding carboxylic acids is 1. The van der Waals surface area contributed by atoms with Crippen LogP contribution >= 0.6 is 0 Å². The largest absolute Gasteiger partial charge is 0.397 e. The van der Waals surface area contributed by atoms with Crippen molar-refractivity contribution in [3.05, 3.63) is 18.2 Å². The van der Waals surface area contributed by atoms with E-state index < -0.39 is 0 Å². The van der Waals surface area contributed by atoms with Crippen LogP contribution in [0.2, 0.25) is 0 Å². The average molecular weight is 321 g/mol. The normalized spacial score (nSPS) is 11.3. The third kappa shape index (κ3) is 6.91. The smallest absolute Gasteiger partial charge is 0.227 e. The Bertz CT molecular complexity index is 509. The molecule has 0 aliphatic rings. The van der Waals surface area contributed by atoms with Gasteiger partial charge < -0.3 is 20.7 Å². The standard InChI is InChI=1S/C18H31N3O2/c1-6-23-11-7-10-20-16-9-8-14(12-15(16)19)21(5)17(22)13-18(2,3)4/h8-9,12,20H,6-7,10-11,13,19H2,1-5H3. The Morgan fingerprint density at radius 1 is 1.35 bits per heavy atom. The monoisotopic (exact) mass is 321 g/mol. The van der Waals surface area contributed by atoms with Crippen LogP contribution in [0.15, 0.2) is 18.2 Å². The van der Waals surface area contributed by atoms with Crippen molar-refractivity contribution in [3.63, 3.8) is 0 Å². The first-order chi connectivity index (χ1) is 10.7. The van der Waals surface area contributed by atoms with Gasteiger partial charge in [0.15, 0.2) is 0 Å². The Balaban J connectivity index is 2.62. The van der Waals surface area contributed by atoms with Gasteiger partial charge >= 0.3 is 0 Å². The SMILES string of the molecule is CCOCCCNc1ccc(N(C)C(=O)CC(C)(C)C)cc1N. The van der Waals surface area contributed by atoms with Crippen LogP contribution in [0.1, 0.15) is 40.5 Å². The molecular formula is C18H31N3O2. The lowest BCUT2D eigenvalue weighted by Crippen LogP contribution is -2.29. The Labute approximate surface area is 140 Å². The number of benzene rings is 1. The summed E-state index contributed by atoms with van der Waals surface area (Å²) in [6.07, 6.45) is 1.43. The number of ether oxygens (including phenoxy) is 1. The van der Waals surface area contributed by atoms with Gasteiger partial charge in [0, 0.05) is 38.9 Å². The van der Waals surface area contributed by atoms with Crippen molar-refractivity contribution in [3.8, 4) is 0 Å². The maximum atomic E-state index is 12.3. The molecule has 0 saturated carbocycles. The number of rotatable bonds is 8. The fourth-order valence-electron chi connectivity index (χ4n) is 2.18. The molecule has 0 heterocycles. The van der Waals surface area contributed by atoms with Gasteiger partial charge in [0.05, 0.1) is 11.4 Å². The molecule has 0 aromatic heterocycles. The summed E-state index contributed by atoms with van der Waals surface area (Å²) in [4.78, 5) is 14.0. The second-order valence-corrected chi connectivity index (χ2v) is 6.94. The molecule has 5 nitrogen and oxygen atoms in total. The molecule has 0 unspecified atom stereocenters. The number of anilines is 3. The molecule has 1 rings (SSSR count). The summed E-state index contributed by atoms with van der Waals surface area (Å²) in [7, 11) is 1.79. The van der Waals surface area contributed by atoms with Crippen LogP contribution in [-0.2, 0) is 9.53 Å². The zero-order valence-corrected chi connectivity index (χ0v) is 15.1. The van der Waals surface area contributed by atoms with Gasteiger partial charge in [-0.15, -0.1) is 0 Å². The Kier molecular flexibility index (Phi) is 7.36. The van der Waals surface area contributed by atoms with Gasteiger partial charge in [-0.25, -0.2) is 0 Å². The number of nitrogens with two attached hydrogens (primary N) is 1. The summed E-state index contributed by atoms with van der Waals surface area (Å²) in [5.41, 5.74) is 8.42. The average Bonchev–Trinajstić information content (AvgIpc) is 2.46. The molecule has 1 amide bonds. The predicted molar refractivity (Wildman–Crippen MR) is 97.9 cm³/mol. The van der Waals surface area contributed by atoms with Crippen molar-refractivity contribution >= 4 is 23.0 Å². The van der Waals surface area contributed by atoms with Gasteiger partial charge in [0.1, 0.15) is 0 Å². The van der Waals surface area contributed by atoms with Crippen molar-refractivity contribution in [2.24, 2.45) is 5.41 Å². The van der Waals surface area contributed by atoms with E-state index in [1.54, 1.807) is 11.9 Å². The van der Waals surface area contributed by atoms with Gasteiger partial charge in [-0.1, -0.05) is 20.8 Å². The molecule has 5 heteroatoms. The topological polar surface area (TPSA) is 67.6 Å². The second kappa shape index (κ2) is 8.77. The maximum absolute atomic E-state index is 12.3. The van der Waals surface area contributed by atoms with E-state index in [2.05, 4.69) is 26.1 Å². The van der Waals surface area contributed by atoms with Crippen molar-refractivity contribution < 1.29 is 9.53 Å². The highest BCUT2D eigenvalue weighted by molar-refractivity contribution is 5.94. The third-order valence-corrected chi connectivity index (χ3v) is 3.46. The van der Waals surface area contributed by atoms with Gasteiger partial charge in [-0.05, 0) is 37.0 Å². The highest BCUT2D eigenvalue weighted by Gasteiger charge is 2.20. The van der Waals surface area contributed by atoms with Crippen molar-refractivity contribution in [2.75, 3.05) is 42.8 Å². The van der Waals surface area contributed by atoms with E-state index in [1.807, 2.05) is 25.1 Å². The van der Waals surface area contributed by atoms with Gasteiger partial charge in [0.25, 0.3) is 0 Å². The zero-order valence-electron chi connectivity index (χ0n) is 15.1. The first kappa shape index (κ1) is 19.3. The van der Waals surface area contributed by atoms with Crippen LogP contribution in [0.4, 0.5) is 17.1 Å². The molecule has 3 N–H and O–H groups in total. The summed E-state index contributed by atoms with van der Waals surface area (Å²) < 4.78 is 5.30. The Hall–Kier alpha value is -1.75. The van der Waals surface area contributed by atoms with Crippen LogP contribution in [0, 0.1) is 5.41 Å². The van der Waals surface area contributed by atoms with Gasteiger partial charge in [-0.3, -0.25) is 4.79 Å². The summed E-state index contributed by atoms with van der Waals surface area (Å²) >= 11 is 0. The van der Waals surface area contributed by atoms with Gasteiger partial charge in [-0.2, -0.15) is 0 Å². The number of nitrogens with one attached hydrogen (secondary N) is 1. The Morgan fingerprint density at radius 2 is 2.04 bits per heavy atom. The molecule has 0 aliphatic heterocycles. The molecule has 0 bridgehead atoms. The van der Waals surface area contributed by atoms with Crippen molar-refractivity contribution in [1.29, 1.82) is 0 Å². The minimum absolute atomic E-state index is 0.0288. The van der Waals surface area contributed by atoms with E-state index in [0.717, 1.165) is 37.6 Å². The lowest BCUT2D eigenvalue weighted by Gasteiger charge is -2.24. The molecule has 0 saturated heterocycles. The summed E-state index contributed by atoms with van der Waals surface area (Å²) in [5.74, 6) is 0.0920. The molecule has 0 aliphatic carbocycles. The van der Waals surface area contributed by atoms with Crippen LogP contribution in [-0.4, -0.2) is 32.7 Å². The molecular weight excluding hydrogens is 290 g/mol. The highest BCUT2D eigenvalue weighted by atomic mass is 16.5. The molecule has 1 aromatic carbocycles. The summed E-state index contributed by atoms with van der Waals surface area (Å²) in [6, 6.07) is 5.68. The fourth-order valence-corrected chi connectivity index (χ4v) is 2.18. The van der Waals surface area contributed by atoms with E-state index in [9.17, 15) is 4.79 Å². The molecule has 23 heavy (non-hydrogen) atoms. The van der Waals surface area contributed by atoms with Crippen molar-refractivity contribution in [2.45, 2.75) is 40.5 Å². The van der Waals surface area contributed by atoms with Gasteiger partial charge in [0.2, 0.25) is 5.91 Å². The Morgan fingerprint density at radius 3 is 2.61 bits per heavy atom. The van der Waals surface area contributed by atoms with E-state index in [-0.39, 0.29) is 11.3 Å². The summed E-state index contributed by atoms with van der Waals surface area (Å²) in [6.45, 7) is 10.5. The van der Waals surface area contributed by atoms with Crippen LogP contribution in [0.3, 0.4) is 0 Å². The lowest BCUT2D eigenvalue weighted by atomic mass is 9.91. The highest BCUT2D eigenvalue weighted by Crippen LogP contribution is 2.27. The van der Waals surface area contributed by atoms with Crippen LogP contribution in [0.5, 0.6) is 0 Å². The third-order valence-electron chi connectivity index (χ3n) is 3.46. The lowest BCUT2D eigenvalue weighted by molar-refractivity contribution is -0.120. The van der Waals surface area contributed by atoms with Crippen LogP contribution in [0.25, 0.3) is 0 Å². The molecule has 0 atom stereocenters. The molecule has 1 aromatic rings. The first-order valence-electron chi connectivity index (χ1n) is 8.22. The zero-order chi connectivity index (χ0) is 17.5. The van der Waals surface area contributed by atoms with Crippen LogP contribution < -0.4 is 16.0 Å². The first-order valence-corrected chi connectivity index (χ1v) is 8.22. The molecule has 130 valence electrons. The quantitative estimate of drug-likeness (QED) is 0.568. The minimum Gasteiger partial charge on any atom is -0.397 e. The number of amides is 1. The van der Waals surface area contributed by atoms with E-state index in [4.69, 9.17) is 10.5 Å². The summed E-state index contributed by atoms with van der Waals surface area (Å²) in [5, 5.41) is 3.30. The predicted octanol–water partition coefficient (Wildman–Crippen LogP) is 3.51. The number of nitrogens with zero attached hydrogens (tertiary/aromatic N) is 1. The molecule has 0 radical (unpaired) electrons. The number of nitrogen functional groups attached to an aromatic ring is 1. The number of carbonyl (C=O) groups is 1. The van der Waals surface area contributed by atoms with Crippen molar-refractivity contribution in [1.82, 2.24) is 0 Å². The fraction of sp³-hybridized carbons (Fsp3) is 0.611.